The highest BCUT2D eigenvalue weighted by Crippen LogP contribution is 2.37. The summed E-state index contributed by atoms with van der Waals surface area (Å²) in [7, 11) is 0. The number of anilines is 2. The Bertz CT molecular complexity index is 1070. The van der Waals surface area contributed by atoms with E-state index in [0.29, 0.717) is 21.3 Å². The molecule has 1 aromatic heterocycles. The highest BCUT2D eigenvalue weighted by atomic mass is 35.5. The number of aromatic nitrogens is 1. The monoisotopic (exact) mass is 429 g/mol. The van der Waals surface area contributed by atoms with Crippen molar-refractivity contribution in [2.75, 3.05) is 29.9 Å². The van der Waals surface area contributed by atoms with Crippen molar-refractivity contribution in [3.8, 4) is 5.75 Å². The molecule has 4 rings (SSSR count). The predicted octanol–water partition coefficient (Wildman–Crippen LogP) is 5.47. The number of hydrogen-bond donors (Lipinski definition) is 1. The van der Waals surface area contributed by atoms with Crippen LogP contribution in [0, 0.1) is 6.92 Å². The van der Waals surface area contributed by atoms with Crippen LogP contribution in [0.25, 0.3) is 10.9 Å². The number of nitrogens with one attached hydrogen (secondary N) is 1. The Hall–Kier alpha value is -2.50. The number of aryl methyl sites for hydroxylation is 1. The maximum Gasteiger partial charge on any atom is 0.262 e. The van der Waals surface area contributed by atoms with Gasteiger partial charge in [0.1, 0.15) is 5.52 Å². The van der Waals surface area contributed by atoms with Crippen LogP contribution in [-0.2, 0) is 4.79 Å². The molecule has 0 saturated carbocycles. The molecule has 7 heteroatoms. The number of halogens is 2. The van der Waals surface area contributed by atoms with Gasteiger partial charge in [0.05, 0.1) is 21.4 Å². The number of hydrogen-bond acceptors (Lipinski definition) is 4. The number of fused-ring (bicyclic) bond motifs is 1. The summed E-state index contributed by atoms with van der Waals surface area (Å²) in [6.07, 6.45) is 2.33. The first-order valence-electron chi connectivity index (χ1n) is 9.55. The Morgan fingerprint density at radius 2 is 1.90 bits per heavy atom. The first kappa shape index (κ1) is 19.8. The Labute approximate surface area is 179 Å². The van der Waals surface area contributed by atoms with Crippen LogP contribution in [0.5, 0.6) is 5.75 Å². The van der Waals surface area contributed by atoms with Crippen molar-refractivity contribution in [2.24, 2.45) is 0 Å². The van der Waals surface area contributed by atoms with Gasteiger partial charge in [-0.15, -0.1) is 0 Å². The van der Waals surface area contributed by atoms with Gasteiger partial charge >= 0.3 is 0 Å². The van der Waals surface area contributed by atoms with E-state index in [-0.39, 0.29) is 12.5 Å². The van der Waals surface area contributed by atoms with Crippen molar-refractivity contribution in [3.05, 3.63) is 58.2 Å². The van der Waals surface area contributed by atoms with E-state index in [1.807, 2.05) is 43.3 Å². The second-order valence-corrected chi connectivity index (χ2v) is 7.88. The Morgan fingerprint density at radius 1 is 1.14 bits per heavy atom. The largest absolute Gasteiger partial charge is 0.480 e. The summed E-state index contributed by atoms with van der Waals surface area (Å²) in [4.78, 5) is 19.4. The SMILES string of the molecule is Cc1ccc2c(Cl)cc(Cl)c(OCC(=O)Nc3ccccc3N3CCCC3)c2n1. The quantitative estimate of drug-likeness (QED) is 0.584. The molecular formula is C22H21Cl2N3O2. The standard InChI is InChI=1S/C22H21Cl2N3O2/c1-14-8-9-15-16(23)12-17(24)22(21(15)25-14)29-13-20(28)26-18-6-2-3-7-19(18)27-10-4-5-11-27/h2-3,6-9,12H,4-5,10-11,13H2,1H3,(H,26,28). The molecule has 1 aliphatic heterocycles. The van der Waals surface area contributed by atoms with Crippen LogP contribution in [0.3, 0.4) is 0 Å². The lowest BCUT2D eigenvalue weighted by Gasteiger charge is -2.21. The summed E-state index contributed by atoms with van der Waals surface area (Å²) in [5.74, 6) is 0.0983. The Morgan fingerprint density at radius 3 is 2.69 bits per heavy atom. The number of para-hydroxylation sites is 2. The van der Waals surface area contributed by atoms with Gasteiger partial charge in [-0.05, 0) is 50.1 Å². The first-order chi connectivity index (χ1) is 14.0. The molecule has 0 radical (unpaired) electrons. The van der Waals surface area contributed by atoms with E-state index in [4.69, 9.17) is 27.9 Å². The van der Waals surface area contributed by atoms with Gasteiger partial charge in [0.15, 0.2) is 12.4 Å². The molecule has 1 N–H and O–H groups in total. The van der Waals surface area contributed by atoms with Crippen molar-refractivity contribution in [2.45, 2.75) is 19.8 Å². The van der Waals surface area contributed by atoms with Crippen LogP contribution in [0.1, 0.15) is 18.5 Å². The van der Waals surface area contributed by atoms with E-state index >= 15 is 0 Å². The van der Waals surface area contributed by atoms with Crippen LogP contribution < -0.4 is 15.0 Å². The summed E-state index contributed by atoms with van der Waals surface area (Å²) in [5, 5.41) is 4.50. The first-order valence-corrected chi connectivity index (χ1v) is 10.3. The average molecular weight is 430 g/mol. The average Bonchev–Trinajstić information content (AvgIpc) is 3.22. The number of amides is 1. The van der Waals surface area contributed by atoms with Crippen molar-refractivity contribution >= 4 is 51.4 Å². The molecule has 29 heavy (non-hydrogen) atoms. The number of carbonyl (C=O) groups excluding carboxylic acids is 1. The van der Waals surface area contributed by atoms with Gasteiger partial charge in [-0.1, -0.05) is 35.3 Å². The van der Waals surface area contributed by atoms with Gasteiger partial charge in [-0.3, -0.25) is 4.79 Å². The molecule has 0 atom stereocenters. The van der Waals surface area contributed by atoms with Crippen molar-refractivity contribution < 1.29 is 9.53 Å². The number of carbonyl (C=O) groups is 1. The lowest BCUT2D eigenvalue weighted by atomic mass is 10.2. The number of rotatable bonds is 5. The summed E-state index contributed by atoms with van der Waals surface area (Å²) in [5.41, 5.74) is 3.17. The maximum absolute atomic E-state index is 12.6. The minimum absolute atomic E-state index is 0.180. The van der Waals surface area contributed by atoms with E-state index in [0.717, 1.165) is 35.5 Å². The summed E-state index contributed by atoms with van der Waals surface area (Å²) < 4.78 is 5.78. The normalized spacial score (nSPS) is 13.7. The third-order valence-electron chi connectivity index (χ3n) is 4.95. The predicted molar refractivity (Wildman–Crippen MR) is 119 cm³/mol. The van der Waals surface area contributed by atoms with Gasteiger partial charge in [0, 0.05) is 24.2 Å². The third-order valence-corrected chi connectivity index (χ3v) is 5.54. The molecule has 0 aliphatic carbocycles. The maximum atomic E-state index is 12.6. The molecule has 1 fully saturated rings. The van der Waals surface area contributed by atoms with Crippen molar-refractivity contribution in [3.63, 3.8) is 0 Å². The number of benzene rings is 2. The van der Waals surface area contributed by atoms with Gasteiger partial charge in [-0.2, -0.15) is 0 Å². The molecule has 0 bridgehead atoms. The lowest BCUT2D eigenvalue weighted by Crippen LogP contribution is -2.24. The molecule has 2 aromatic carbocycles. The fourth-order valence-corrected chi connectivity index (χ4v) is 4.14. The van der Waals surface area contributed by atoms with Crippen LogP contribution in [0.15, 0.2) is 42.5 Å². The number of pyridine rings is 1. The Kier molecular flexibility index (Phi) is 5.79. The number of nitrogens with zero attached hydrogens (tertiary/aromatic N) is 2. The molecule has 5 nitrogen and oxygen atoms in total. The zero-order valence-corrected chi connectivity index (χ0v) is 17.6. The van der Waals surface area contributed by atoms with Crippen molar-refractivity contribution in [1.82, 2.24) is 4.98 Å². The van der Waals surface area contributed by atoms with Crippen LogP contribution in [0.4, 0.5) is 11.4 Å². The molecule has 0 unspecified atom stereocenters. The summed E-state index contributed by atoms with van der Waals surface area (Å²) in [6, 6.07) is 13.2. The topological polar surface area (TPSA) is 54.5 Å². The Balaban J connectivity index is 1.52. The van der Waals surface area contributed by atoms with E-state index in [1.54, 1.807) is 6.07 Å². The second-order valence-electron chi connectivity index (χ2n) is 7.07. The third kappa shape index (κ3) is 4.26. The van der Waals surface area contributed by atoms with Gasteiger partial charge in [0.2, 0.25) is 0 Å². The van der Waals surface area contributed by atoms with E-state index in [1.165, 1.54) is 12.8 Å². The molecule has 150 valence electrons. The summed E-state index contributed by atoms with van der Waals surface area (Å²) in [6.45, 7) is 3.70. The van der Waals surface area contributed by atoms with Crippen LogP contribution in [-0.4, -0.2) is 30.6 Å². The van der Waals surface area contributed by atoms with Gasteiger partial charge in [0.25, 0.3) is 5.91 Å². The van der Waals surface area contributed by atoms with Crippen LogP contribution >= 0.6 is 23.2 Å². The molecule has 2 heterocycles. The van der Waals surface area contributed by atoms with Crippen LogP contribution in [0.2, 0.25) is 10.0 Å². The zero-order chi connectivity index (χ0) is 20.4. The minimum Gasteiger partial charge on any atom is -0.480 e. The smallest absolute Gasteiger partial charge is 0.262 e. The lowest BCUT2D eigenvalue weighted by molar-refractivity contribution is -0.118. The molecule has 0 spiro atoms. The molecular weight excluding hydrogens is 409 g/mol. The molecule has 1 amide bonds. The number of ether oxygens (including phenoxy) is 1. The minimum atomic E-state index is -0.261. The fourth-order valence-electron chi connectivity index (χ4n) is 3.56. The second kappa shape index (κ2) is 8.47. The van der Waals surface area contributed by atoms with E-state index in [2.05, 4.69) is 15.2 Å². The van der Waals surface area contributed by atoms with Crippen molar-refractivity contribution in [1.29, 1.82) is 0 Å². The summed E-state index contributed by atoms with van der Waals surface area (Å²) >= 11 is 12.6. The molecule has 1 aliphatic rings. The zero-order valence-electron chi connectivity index (χ0n) is 16.0. The van der Waals surface area contributed by atoms with E-state index in [9.17, 15) is 4.79 Å². The molecule has 1 saturated heterocycles. The van der Waals surface area contributed by atoms with Gasteiger partial charge < -0.3 is 15.0 Å². The highest BCUT2D eigenvalue weighted by Gasteiger charge is 2.18. The van der Waals surface area contributed by atoms with E-state index < -0.39 is 0 Å². The fraction of sp³-hybridized carbons (Fsp3) is 0.273. The highest BCUT2D eigenvalue weighted by molar-refractivity contribution is 6.39. The van der Waals surface area contributed by atoms with Gasteiger partial charge in [-0.25, -0.2) is 4.98 Å². The molecule has 3 aromatic rings.